The summed E-state index contributed by atoms with van der Waals surface area (Å²) in [6.45, 7) is 2.96. The van der Waals surface area contributed by atoms with Crippen molar-refractivity contribution in [2.45, 2.75) is 31.0 Å². The quantitative estimate of drug-likeness (QED) is 0.391. The molecule has 1 aliphatic heterocycles. The average Bonchev–Trinajstić information content (AvgIpc) is 2.77. The molecule has 0 amide bonds. The van der Waals surface area contributed by atoms with E-state index in [1.807, 2.05) is 0 Å². The first-order valence-electron chi connectivity index (χ1n) is 6.99. The summed E-state index contributed by atoms with van der Waals surface area (Å²) in [4.78, 5) is 15.7. The second-order valence-electron chi connectivity index (χ2n) is 5.34. The maximum Gasteiger partial charge on any atom is 0.351 e. The first-order chi connectivity index (χ1) is 11.2. The van der Waals surface area contributed by atoms with Crippen molar-refractivity contribution in [1.82, 2.24) is 9.55 Å². The Labute approximate surface area is 138 Å². The van der Waals surface area contributed by atoms with Crippen LogP contribution in [0.25, 0.3) is 0 Å². The van der Waals surface area contributed by atoms with Crippen LogP contribution in [-0.4, -0.2) is 59.4 Å². The van der Waals surface area contributed by atoms with E-state index in [2.05, 4.69) is 11.6 Å². The Morgan fingerprint density at radius 3 is 2.79 bits per heavy atom. The summed E-state index contributed by atoms with van der Waals surface area (Å²) in [5.41, 5.74) is 5.34. The predicted octanol–water partition coefficient (Wildman–Crippen LogP) is -1.85. The Kier molecular flexibility index (Phi) is 5.40. The number of allylic oxidation sites excluding steroid dienone is 1. The zero-order valence-electron chi connectivity index (χ0n) is 12.9. The lowest BCUT2D eigenvalue weighted by Crippen LogP contribution is -2.39. The lowest BCUT2D eigenvalue weighted by Gasteiger charge is -2.19. The highest BCUT2D eigenvalue weighted by Crippen LogP contribution is 2.31. The van der Waals surface area contributed by atoms with E-state index in [1.54, 1.807) is 6.08 Å². The second kappa shape index (κ2) is 6.99. The van der Waals surface area contributed by atoms with E-state index in [4.69, 9.17) is 14.7 Å². The molecule has 1 aromatic rings. The molecule has 24 heavy (non-hydrogen) atoms. The Hall–Kier alpha value is -1.79. The number of hydrogen-bond donors (Lipinski definition) is 3. The summed E-state index contributed by atoms with van der Waals surface area (Å²) in [6, 6.07) is 0. The molecule has 134 valence electrons. The minimum Gasteiger partial charge on any atom is -0.394 e. The van der Waals surface area contributed by atoms with Gasteiger partial charge in [-0.15, -0.1) is 6.58 Å². The molecule has 1 fully saturated rings. The SMILES string of the molecule is C=CCc1cn([C@@H]2O[C@H](CO)[C@H](OS(C)(=O)=O)[C@H]2O)c(=O)nc1N. The van der Waals surface area contributed by atoms with Gasteiger partial charge in [-0.2, -0.15) is 13.4 Å². The molecular formula is C13H19N3O7S. The molecule has 0 saturated carbocycles. The van der Waals surface area contributed by atoms with Gasteiger partial charge in [0, 0.05) is 11.8 Å². The summed E-state index contributed by atoms with van der Waals surface area (Å²) in [5.74, 6) is 0.0197. The van der Waals surface area contributed by atoms with E-state index in [0.29, 0.717) is 12.0 Å². The number of nitrogens with two attached hydrogens (primary N) is 1. The van der Waals surface area contributed by atoms with Crippen LogP contribution in [0.5, 0.6) is 0 Å². The third-order valence-electron chi connectivity index (χ3n) is 3.47. The van der Waals surface area contributed by atoms with Crippen LogP contribution < -0.4 is 11.4 Å². The van der Waals surface area contributed by atoms with E-state index in [1.165, 1.54) is 6.20 Å². The Morgan fingerprint density at radius 2 is 2.25 bits per heavy atom. The third-order valence-corrected chi connectivity index (χ3v) is 4.05. The Bertz CT molecular complexity index is 776. The second-order valence-corrected chi connectivity index (χ2v) is 6.94. The predicted molar refractivity (Wildman–Crippen MR) is 83.5 cm³/mol. The van der Waals surface area contributed by atoms with E-state index in [9.17, 15) is 23.4 Å². The number of nitrogen functional groups attached to an aromatic ring is 1. The van der Waals surface area contributed by atoms with Crippen LogP contribution >= 0.6 is 0 Å². The van der Waals surface area contributed by atoms with Crippen LogP contribution in [0, 0.1) is 0 Å². The van der Waals surface area contributed by atoms with Gasteiger partial charge in [0.2, 0.25) is 0 Å². The third kappa shape index (κ3) is 3.82. The molecule has 10 nitrogen and oxygen atoms in total. The molecule has 0 bridgehead atoms. The van der Waals surface area contributed by atoms with E-state index >= 15 is 0 Å². The molecule has 0 aliphatic carbocycles. The number of ether oxygens (including phenoxy) is 1. The molecule has 0 radical (unpaired) electrons. The van der Waals surface area contributed by atoms with Gasteiger partial charge >= 0.3 is 5.69 Å². The first-order valence-corrected chi connectivity index (χ1v) is 8.80. The molecule has 1 aromatic heterocycles. The molecule has 11 heteroatoms. The van der Waals surface area contributed by atoms with Crippen molar-refractivity contribution in [1.29, 1.82) is 0 Å². The lowest BCUT2D eigenvalue weighted by atomic mass is 10.1. The maximum absolute atomic E-state index is 12.0. The molecule has 0 unspecified atom stereocenters. The normalized spacial score (nSPS) is 27.3. The summed E-state index contributed by atoms with van der Waals surface area (Å²) in [5, 5.41) is 19.6. The Morgan fingerprint density at radius 1 is 1.58 bits per heavy atom. The van der Waals surface area contributed by atoms with Crippen LogP contribution in [0.3, 0.4) is 0 Å². The monoisotopic (exact) mass is 361 g/mol. The van der Waals surface area contributed by atoms with Gasteiger partial charge in [0.25, 0.3) is 10.1 Å². The van der Waals surface area contributed by atoms with Crippen molar-refractivity contribution >= 4 is 15.9 Å². The highest BCUT2D eigenvalue weighted by Gasteiger charge is 2.47. The van der Waals surface area contributed by atoms with Crippen LogP contribution in [0.4, 0.5) is 5.82 Å². The fraction of sp³-hybridized carbons (Fsp3) is 0.538. The molecule has 2 heterocycles. The van der Waals surface area contributed by atoms with Gasteiger partial charge < -0.3 is 20.7 Å². The zero-order valence-corrected chi connectivity index (χ0v) is 13.7. The van der Waals surface area contributed by atoms with Gasteiger partial charge in [-0.25, -0.2) is 4.79 Å². The van der Waals surface area contributed by atoms with Crippen molar-refractivity contribution in [3.63, 3.8) is 0 Å². The fourth-order valence-electron chi connectivity index (χ4n) is 2.43. The van der Waals surface area contributed by atoms with Crippen LogP contribution in [0.1, 0.15) is 11.8 Å². The number of aliphatic hydroxyl groups excluding tert-OH is 2. The number of aromatic nitrogens is 2. The summed E-state index contributed by atoms with van der Waals surface area (Å²) < 4.78 is 33.8. The number of nitrogens with zero attached hydrogens (tertiary/aromatic N) is 2. The first kappa shape index (κ1) is 18.5. The topological polar surface area (TPSA) is 154 Å². The van der Waals surface area contributed by atoms with Crippen LogP contribution in [-0.2, 0) is 25.5 Å². The van der Waals surface area contributed by atoms with Gasteiger partial charge in [0.1, 0.15) is 24.1 Å². The summed E-state index contributed by atoms with van der Waals surface area (Å²) in [7, 11) is -3.91. The summed E-state index contributed by atoms with van der Waals surface area (Å²) >= 11 is 0. The van der Waals surface area contributed by atoms with Crippen molar-refractivity contribution in [2.24, 2.45) is 0 Å². The molecule has 4 atom stereocenters. The van der Waals surface area contributed by atoms with Crippen molar-refractivity contribution in [3.8, 4) is 0 Å². The molecule has 1 saturated heterocycles. The minimum atomic E-state index is -3.91. The zero-order chi connectivity index (χ0) is 18.1. The van der Waals surface area contributed by atoms with Gasteiger partial charge in [-0.3, -0.25) is 8.75 Å². The van der Waals surface area contributed by atoms with Crippen LogP contribution in [0.15, 0.2) is 23.6 Å². The van der Waals surface area contributed by atoms with Gasteiger partial charge in [0.15, 0.2) is 6.23 Å². The number of rotatable bonds is 6. The Balaban J connectivity index is 2.40. The molecule has 0 aromatic carbocycles. The van der Waals surface area contributed by atoms with Crippen molar-refractivity contribution in [3.05, 3.63) is 34.9 Å². The molecule has 1 aliphatic rings. The smallest absolute Gasteiger partial charge is 0.351 e. The van der Waals surface area contributed by atoms with Crippen LogP contribution in [0.2, 0.25) is 0 Å². The number of anilines is 1. The maximum atomic E-state index is 12.0. The highest BCUT2D eigenvalue weighted by atomic mass is 32.2. The average molecular weight is 361 g/mol. The van der Waals surface area contributed by atoms with Gasteiger partial charge in [-0.05, 0) is 6.42 Å². The lowest BCUT2D eigenvalue weighted by molar-refractivity contribution is -0.0543. The fourth-order valence-corrected chi connectivity index (χ4v) is 3.08. The number of aliphatic hydroxyl groups is 2. The van der Waals surface area contributed by atoms with Crippen molar-refractivity contribution in [2.75, 3.05) is 18.6 Å². The van der Waals surface area contributed by atoms with Crippen molar-refractivity contribution < 1.29 is 27.6 Å². The highest BCUT2D eigenvalue weighted by molar-refractivity contribution is 7.86. The molecular weight excluding hydrogens is 342 g/mol. The largest absolute Gasteiger partial charge is 0.394 e. The standard InChI is InChI=1S/C13H19N3O7S/c1-3-4-7-5-16(13(19)15-11(7)14)12-9(18)10(8(6-17)22-12)23-24(2,20)21/h3,5,8-10,12,17-18H,1,4,6H2,2H3,(H2,14,15,19)/t8-,9-,10+,12-/m1/s1. The van der Waals surface area contributed by atoms with Gasteiger partial charge in [0.05, 0.1) is 12.9 Å². The van der Waals surface area contributed by atoms with E-state index in [0.717, 1.165) is 10.8 Å². The molecule has 4 N–H and O–H groups in total. The van der Waals surface area contributed by atoms with E-state index in [-0.39, 0.29) is 5.82 Å². The molecule has 0 spiro atoms. The molecule has 2 rings (SSSR count). The minimum absolute atomic E-state index is 0.0197. The van der Waals surface area contributed by atoms with E-state index < -0.39 is 47.0 Å². The number of hydrogen-bond acceptors (Lipinski definition) is 9. The van der Waals surface area contributed by atoms with Gasteiger partial charge in [-0.1, -0.05) is 6.08 Å². The summed E-state index contributed by atoms with van der Waals surface area (Å²) in [6.07, 6.45) is -1.25.